The second-order valence-corrected chi connectivity index (χ2v) is 14.1. The van der Waals surface area contributed by atoms with Gasteiger partial charge in [-0.3, -0.25) is 9.69 Å². The van der Waals surface area contributed by atoms with E-state index in [9.17, 15) is 14.4 Å². The second-order valence-electron chi connectivity index (χ2n) is 11.6. The molecule has 3 aromatic heterocycles. The summed E-state index contributed by atoms with van der Waals surface area (Å²) < 4.78 is 20.3. The van der Waals surface area contributed by atoms with E-state index in [4.69, 9.17) is 21.2 Å². The molecular weight excluding hydrogens is 579 g/mol. The second kappa shape index (κ2) is 9.99. The van der Waals surface area contributed by atoms with Gasteiger partial charge in [-0.25, -0.2) is 4.39 Å². The predicted octanol–water partition coefficient (Wildman–Crippen LogP) is 2.21. The lowest BCUT2D eigenvalue weighted by Gasteiger charge is -2.47. The molecule has 1 unspecified atom stereocenters. The van der Waals surface area contributed by atoms with Crippen LogP contribution in [0, 0.1) is 11.3 Å². The Labute approximate surface area is 249 Å². The summed E-state index contributed by atoms with van der Waals surface area (Å²) in [5.41, 5.74) is 13.7. The van der Waals surface area contributed by atoms with Crippen molar-refractivity contribution in [2.24, 2.45) is 0 Å². The molecular formula is C27H31FN10O2S2. The minimum Gasteiger partial charge on any atom is -0.461 e. The van der Waals surface area contributed by atoms with Crippen LogP contribution in [-0.2, 0) is 17.0 Å². The van der Waals surface area contributed by atoms with Crippen LogP contribution < -0.4 is 31.4 Å². The van der Waals surface area contributed by atoms with E-state index in [1.165, 1.54) is 23.6 Å². The molecule has 0 radical (unpaired) electrons. The number of halogens is 1. The maximum Gasteiger partial charge on any atom is 0.323 e. The van der Waals surface area contributed by atoms with Crippen LogP contribution in [0.5, 0.6) is 6.01 Å². The maximum absolute atomic E-state index is 14.4. The van der Waals surface area contributed by atoms with E-state index in [1.807, 2.05) is 16.7 Å². The van der Waals surface area contributed by atoms with Crippen molar-refractivity contribution in [1.82, 2.24) is 24.8 Å². The summed E-state index contributed by atoms with van der Waals surface area (Å²) in [7, 11) is 1.78. The quantitative estimate of drug-likeness (QED) is 0.358. The molecule has 3 saturated heterocycles. The van der Waals surface area contributed by atoms with E-state index in [1.54, 1.807) is 11.9 Å². The van der Waals surface area contributed by atoms with Crippen LogP contribution >= 0.6 is 23.1 Å². The number of anilines is 4. The Morgan fingerprint density at radius 3 is 2.95 bits per heavy atom. The summed E-state index contributed by atoms with van der Waals surface area (Å²) in [5.74, 6) is 1.87. The van der Waals surface area contributed by atoms with Crippen LogP contribution in [0.15, 0.2) is 17.1 Å². The Bertz CT molecular complexity index is 1650. The summed E-state index contributed by atoms with van der Waals surface area (Å²) >= 11 is 3.31. The molecule has 0 aliphatic carbocycles. The van der Waals surface area contributed by atoms with Gasteiger partial charge in [0.05, 0.1) is 28.0 Å². The first-order valence-corrected chi connectivity index (χ1v) is 15.7. The van der Waals surface area contributed by atoms with Crippen LogP contribution in [0.2, 0.25) is 0 Å². The van der Waals surface area contributed by atoms with Gasteiger partial charge in [-0.15, -0.1) is 23.1 Å². The van der Waals surface area contributed by atoms with Gasteiger partial charge in [-0.05, 0) is 19.4 Å². The number of nitriles is 1. The number of aromatic nitrogens is 4. The highest BCUT2D eigenvalue weighted by molar-refractivity contribution is 8.00. The number of thiophene rings is 1. The van der Waals surface area contributed by atoms with E-state index in [0.717, 1.165) is 35.6 Å². The number of ether oxygens (including phenoxy) is 1. The van der Waals surface area contributed by atoms with Crippen molar-refractivity contribution in [3.05, 3.63) is 44.1 Å². The zero-order chi connectivity index (χ0) is 29.2. The van der Waals surface area contributed by atoms with Gasteiger partial charge < -0.3 is 31.0 Å². The summed E-state index contributed by atoms with van der Waals surface area (Å²) in [6.45, 7) is 2.97. The molecule has 7 rings (SSSR count). The van der Waals surface area contributed by atoms with Crippen molar-refractivity contribution in [2.45, 2.75) is 48.0 Å². The lowest BCUT2D eigenvalue weighted by Crippen LogP contribution is -2.57. The molecule has 5 N–H and O–H groups in total. The number of aromatic amines is 1. The van der Waals surface area contributed by atoms with Crippen LogP contribution in [0.4, 0.5) is 27.1 Å². The Hall–Kier alpha value is -3.61. The van der Waals surface area contributed by atoms with Gasteiger partial charge in [-0.1, -0.05) is 0 Å². The summed E-state index contributed by atoms with van der Waals surface area (Å²) in [6, 6.07) is 3.88. The molecule has 4 aliphatic heterocycles. The van der Waals surface area contributed by atoms with Gasteiger partial charge in [-0.2, -0.15) is 20.2 Å². The number of hydrogen-bond donors (Lipinski definition) is 3. The number of H-pyrrole nitrogens is 1. The molecule has 7 heterocycles. The molecule has 0 bridgehead atoms. The third-order valence-corrected chi connectivity index (χ3v) is 11.5. The van der Waals surface area contributed by atoms with Crippen LogP contribution in [0.1, 0.15) is 40.8 Å². The molecule has 15 heteroatoms. The van der Waals surface area contributed by atoms with Crippen molar-refractivity contribution in [3.8, 4) is 12.1 Å². The maximum atomic E-state index is 14.4. The number of thioether (sulfide) groups is 1. The lowest BCUT2D eigenvalue weighted by atomic mass is 9.88. The Balaban J connectivity index is 1.18. The summed E-state index contributed by atoms with van der Waals surface area (Å²) in [6.07, 6.45) is 2.96. The number of rotatable bonds is 7. The molecule has 0 aromatic carbocycles. The van der Waals surface area contributed by atoms with Gasteiger partial charge in [0.15, 0.2) is 5.43 Å². The molecule has 0 saturated carbocycles. The van der Waals surface area contributed by atoms with Crippen LogP contribution in [0.25, 0.3) is 0 Å². The van der Waals surface area contributed by atoms with E-state index in [0.29, 0.717) is 54.1 Å². The number of hydrogen-bond acceptors (Lipinski definition) is 13. The normalized spacial score (nSPS) is 23.9. The molecule has 220 valence electrons. The first kappa shape index (κ1) is 27.2. The largest absolute Gasteiger partial charge is 0.461 e. The van der Waals surface area contributed by atoms with Gasteiger partial charge in [0, 0.05) is 61.6 Å². The zero-order valence-electron chi connectivity index (χ0n) is 23.1. The SMILES string of the molecule is CN(Cc1c(N)[nH]ccc1=O)c1nc(OC[C@@]23CCCN2CC(F)C3)nc(N2CC3(C2)SCc2sc(N)c(C#N)c23)n1. The summed E-state index contributed by atoms with van der Waals surface area (Å²) in [5, 5.41) is 10.3. The number of nitrogen functional groups attached to an aromatic ring is 2. The highest BCUT2D eigenvalue weighted by atomic mass is 32.2. The molecule has 1 spiro atoms. The molecule has 42 heavy (non-hydrogen) atoms. The van der Waals surface area contributed by atoms with Gasteiger partial charge in [0.2, 0.25) is 11.9 Å². The van der Waals surface area contributed by atoms with E-state index >= 15 is 0 Å². The van der Waals surface area contributed by atoms with Crippen molar-refractivity contribution in [1.29, 1.82) is 5.26 Å². The first-order valence-electron chi connectivity index (χ1n) is 13.9. The van der Waals surface area contributed by atoms with Crippen molar-refractivity contribution in [2.75, 3.05) is 61.1 Å². The predicted molar refractivity (Wildman–Crippen MR) is 161 cm³/mol. The molecule has 0 amide bonds. The van der Waals surface area contributed by atoms with Crippen LogP contribution in [0.3, 0.4) is 0 Å². The van der Waals surface area contributed by atoms with Crippen molar-refractivity contribution in [3.63, 3.8) is 0 Å². The monoisotopic (exact) mass is 610 g/mol. The topological polar surface area (TPSA) is 166 Å². The minimum atomic E-state index is -0.866. The van der Waals surface area contributed by atoms with E-state index < -0.39 is 6.17 Å². The van der Waals surface area contributed by atoms with Crippen molar-refractivity contribution < 1.29 is 9.13 Å². The molecule has 4 aliphatic rings. The number of nitrogens with zero attached hydrogens (tertiary/aromatic N) is 7. The average molecular weight is 611 g/mol. The molecule has 12 nitrogen and oxygen atoms in total. The van der Waals surface area contributed by atoms with Crippen LogP contribution in [-0.4, -0.2) is 76.4 Å². The van der Waals surface area contributed by atoms with E-state index in [2.05, 4.69) is 25.9 Å². The van der Waals surface area contributed by atoms with Gasteiger partial charge in [0.25, 0.3) is 0 Å². The fourth-order valence-corrected chi connectivity index (χ4v) is 9.59. The zero-order valence-corrected chi connectivity index (χ0v) is 24.7. The smallest absolute Gasteiger partial charge is 0.323 e. The van der Waals surface area contributed by atoms with Gasteiger partial charge >= 0.3 is 6.01 Å². The standard InChI is InChI=1S/C27H31FN10O2S2/c1-36(10-17-18(39)3-5-32-21(17)30)23-33-24(35-25(34-23)40-14-26-4-2-6-38(26)9-15(28)7-26)37-12-27(13-37)20-16(8-29)22(31)42-19(20)11-41-27/h3,5,15H,2,4,6-7,9-14,31H2,1H3,(H3,30,32,39)/t15?,26-/m0/s1. The number of pyridine rings is 1. The first-order chi connectivity index (χ1) is 20.2. The molecule has 3 aromatic rings. The lowest BCUT2D eigenvalue weighted by molar-refractivity contribution is 0.107. The number of alkyl halides is 1. The van der Waals surface area contributed by atoms with Gasteiger partial charge in [0.1, 0.15) is 29.7 Å². The highest BCUT2D eigenvalue weighted by Crippen LogP contribution is 2.57. The highest BCUT2D eigenvalue weighted by Gasteiger charge is 2.53. The number of fused-ring (bicyclic) bond motifs is 3. The number of nitrogens with two attached hydrogens (primary N) is 2. The fourth-order valence-electron chi connectivity index (χ4n) is 6.79. The number of nitrogens with one attached hydrogen (secondary N) is 1. The molecule has 2 atom stereocenters. The minimum absolute atomic E-state index is 0.151. The average Bonchev–Trinajstić information content (AvgIpc) is 3.66. The Kier molecular flexibility index (Phi) is 6.48. The molecule has 3 fully saturated rings. The third kappa shape index (κ3) is 4.35. The summed E-state index contributed by atoms with van der Waals surface area (Å²) in [4.78, 5) is 36.5. The fraction of sp³-hybridized carbons (Fsp3) is 0.519. The Morgan fingerprint density at radius 2 is 2.17 bits per heavy atom. The van der Waals surface area contributed by atoms with Crippen molar-refractivity contribution >= 4 is 45.8 Å². The van der Waals surface area contributed by atoms with E-state index in [-0.39, 0.29) is 40.7 Å². The third-order valence-electron chi connectivity index (χ3n) is 8.89. The Morgan fingerprint density at radius 1 is 1.33 bits per heavy atom.